The van der Waals surface area contributed by atoms with E-state index in [9.17, 15) is 12.8 Å². The molecule has 0 aliphatic carbocycles. The molecule has 20 heavy (non-hydrogen) atoms. The van der Waals surface area contributed by atoms with Gasteiger partial charge in [0.05, 0.1) is 10.6 Å². The monoisotopic (exact) mass is 303 g/mol. The maximum atomic E-state index is 13.3. The second kappa shape index (κ2) is 7.01. The van der Waals surface area contributed by atoms with Gasteiger partial charge in [0, 0.05) is 12.6 Å². The van der Waals surface area contributed by atoms with E-state index in [1.165, 1.54) is 12.1 Å². The number of nitrogens with one attached hydrogen (secondary N) is 1. The largest absolute Gasteiger partial charge is 0.396 e. The van der Waals surface area contributed by atoms with Crippen LogP contribution in [0.4, 0.5) is 10.1 Å². The predicted octanol–water partition coefficient (Wildman–Crippen LogP) is 1.42. The second-order valence-electron chi connectivity index (χ2n) is 4.69. The molecule has 0 saturated carbocycles. The van der Waals surface area contributed by atoms with Gasteiger partial charge in [0.25, 0.3) is 0 Å². The van der Waals surface area contributed by atoms with Gasteiger partial charge in [-0.25, -0.2) is 17.5 Å². The van der Waals surface area contributed by atoms with Crippen LogP contribution in [0.3, 0.4) is 0 Å². The molecule has 1 aromatic carbocycles. The molecular formula is C13H22FN3O2S. The summed E-state index contributed by atoms with van der Waals surface area (Å²) in [6, 6.07) is 3.21. The first-order valence-corrected chi connectivity index (χ1v) is 8.08. The Morgan fingerprint density at radius 1 is 1.35 bits per heavy atom. The molecule has 0 heterocycles. The molecule has 114 valence electrons. The lowest BCUT2D eigenvalue weighted by Crippen LogP contribution is -2.41. The van der Waals surface area contributed by atoms with Crippen LogP contribution in [0.25, 0.3) is 0 Å². The summed E-state index contributed by atoms with van der Waals surface area (Å²) < 4.78 is 40.1. The summed E-state index contributed by atoms with van der Waals surface area (Å²) in [7, 11) is -3.73. The maximum absolute atomic E-state index is 13.3. The lowest BCUT2D eigenvalue weighted by atomic mass is 10.3. The van der Waals surface area contributed by atoms with Crippen LogP contribution < -0.4 is 10.5 Å². The maximum Gasteiger partial charge on any atom is 0.240 e. The number of rotatable bonds is 7. The van der Waals surface area contributed by atoms with Crippen molar-refractivity contribution in [1.82, 2.24) is 9.62 Å². The Morgan fingerprint density at radius 2 is 1.95 bits per heavy atom. The Labute approximate surface area is 120 Å². The van der Waals surface area contributed by atoms with E-state index in [1.807, 2.05) is 13.8 Å². The highest BCUT2D eigenvalue weighted by atomic mass is 32.2. The number of hydrogen-bond acceptors (Lipinski definition) is 4. The fourth-order valence-electron chi connectivity index (χ4n) is 1.91. The van der Waals surface area contributed by atoms with E-state index >= 15 is 0 Å². The minimum absolute atomic E-state index is 0.0693. The van der Waals surface area contributed by atoms with Gasteiger partial charge < -0.3 is 10.6 Å². The van der Waals surface area contributed by atoms with E-state index in [1.54, 1.807) is 6.92 Å². The van der Waals surface area contributed by atoms with Crippen LogP contribution in [-0.4, -0.2) is 39.0 Å². The fraction of sp³-hybridized carbons (Fsp3) is 0.538. The van der Waals surface area contributed by atoms with Gasteiger partial charge >= 0.3 is 0 Å². The number of nitrogens with zero attached hydrogens (tertiary/aromatic N) is 1. The number of sulfonamides is 1. The molecule has 0 fully saturated rings. The zero-order valence-corrected chi connectivity index (χ0v) is 12.9. The summed E-state index contributed by atoms with van der Waals surface area (Å²) in [6.45, 7) is 8.10. The lowest BCUT2D eigenvalue weighted by Gasteiger charge is -2.23. The standard InChI is InChI=1S/C13H22FN3O2S/c1-4-17(5-2)9-10(3)16-20(18,19)11-6-7-13(15)12(14)8-11/h6-8,10,16H,4-5,9,15H2,1-3H3. The number of nitrogens with two attached hydrogens (primary N) is 1. The smallest absolute Gasteiger partial charge is 0.240 e. The van der Waals surface area contributed by atoms with Gasteiger partial charge in [0.2, 0.25) is 10.0 Å². The molecule has 1 aromatic rings. The summed E-state index contributed by atoms with van der Waals surface area (Å²) in [4.78, 5) is 1.99. The van der Waals surface area contributed by atoms with Gasteiger partial charge in [0.1, 0.15) is 5.82 Å². The minimum Gasteiger partial charge on any atom is -0.396 e. The summed E-state index contributed by atoms with van der Waals surface area (Å²) in [5, 5.41) is 0. The lowest BCUT2D eigenvalue weighted by molar-refractivity contribution is 0.282. The summed E-state index contributed by atoms with van der Waals surface area (Å²) in [5.74, 6) is -0.732. The average molecular weight is 303 g/mol. The predicted molar refractivity (Wildman–Crippen MR) is 78.4 cm³/mol. The summed E-state index contributed by atoms with van der Waals surface area (Å²) in [5.41, 5.74) is 5.27. The molecule has 3 N–H and O–H groups in total. The van der Waals surface area contributed by atoms with Crippen molar-refractivity contribution < 1.29 is 12.8 Å². The van der Waals surface area contributed by atoms with Crippen LogP contribution in [0.5, 0.6) is 0 Å². The topological polar surface area (TPSA) is 75.4 Å². The van der Waals surface area contributed by atoms with Gasteiger partial charge in [-0.1, -0.05) is 13.8 Å². The van der Waals surface area contributed by atoms with Gasteiger partial charge in [0.15, 0.2) is 0 Å². The molecule has 0 saturated heterocycles. The van der Waals surface area contributed by atoms with Crippen molar-refractivity contribution in [3.63, 3.8) is 0 Å². The number of halogens is 1. The molecule has 5 nitrogen and oxygen atoms in total. The first kappa shape index (κ1) is 16.9. The molecule has 1 atom stereocenters. The van der Waals surface area contributed by atoms with Crippen LogP contribution in [0.2, 0.25) is 0 Å². The van der Waals surface area contributed by atoms with E-state index in [2.05, 4.69) is 9.62 Å². The molecule has 1 rings (SSSR count). The number of likely N-dealkylation sites (N-methyl/N-ethyl adjacent to an activating group) is 1. The fourth-order valence-corrected chi connectivity index (χ4v) is 3.16. The molecule has 0 bridgehead atoms. The van der Waals surface area contributed by atoms with E-state index in [4.69, 9.17) is 5.73 Å². The molecule has 0 aliphatic rings. The van der Waals surface area contributed by atoms with Gasteiger partial charge in [-0.2, -0.15) is 0 Å². The Bertz CT molecular complexity index is 545. The van der Waals surface area contributed by atoms with Crippen molar-refractivity contribution in [3.8, 4) is 0 Å². The van der Waals surface area contributed by atoms with E-state index in [0.29, 0.717) is 6.54 Å². The molecule has 0 radical (unpaired) electrons. The summed E-state index contributed by atoms with van der Waals surface area (Å²) >= 11 is 0. The molecule has 0 amide bonds. The van der Waals surface area contributed by atoms with E-state index < -0.39 is 15.8 Å². The first-order valence-electron chi connectivity index (χ1n) is 6.59. The third kappa shape index (κ3) is 4.43. The van der Waals surface area contributed by atoms with E-state index in [0.717, 1.165) is 19.2 Å². The molecule has 7 heteroatoms. The van der Waals surface area contributed by atoms with Crippen LogP contribution >= 0.6 is 0 Å². The molecule has 0 aliphatic heterocycles. The van der Waals surface area contributed by atoms with Gasteiger partial charge in [-0.05, 0) is 38.2 Å². The first-order chi connectivity index (χ1) is 9.30. The number of nitrogen functional groups attached to an aromatic ring is 1. The van der Waals surface area contributed by atoms with Crippen LogP contribution in [0.1, 0.15) is 20.8 Å². The van der Waals surface area contributed by atoms with Gasteiger partial charge in [-0.15, -0.1) is 0 Å². The SMILES string of the molecule is CCN(CC)CC(C)NS(=O)(=O)c1ccc(N)c(F)c1. The Balaban J connectivity index is 2.81. The van der Waals surface area contributed by atoms with Crippen molar-refractivity contribution >= 4 is 15.7 Å². The van der Waals surface area contributed by atoms with Crippen molar-refractivity contribution in [2.24, 2.45) is 0 Å². The van der Waals surface area contributed by atoms with Crippen molar-refractivity contribution in [2.75, 3.05) is 25.4 Å². The third-order valence-electron chi connectivity index (χ3n) is 3.07. The third-order valence-corrected chi connectivity index (χ3v) is 4.65. The van der Waals surface area contributed by atoms with Gasteiger partial charge in [-0.3, -0.25) is 0 Å². The quantitative estimate of drug-likeness (QED) is 0.747. The van der Waals surface area contributed by atoms with E-state index in [-0.39, 0.29) is 16.6 Å². The van der Waals surface area contributed by atoms with Crippen molar-refractivity contribution in [2.45, 2.75) is 31.7 Å². The molecular weight excluding hydrogens is 281 g/mol. The number of hydrogen-bond donors (Lipinski definition) is 2. The molecule has 1 unspecified atom stereocenters. The number of anilines is 1. The molecule has 0 spiro atoms. The van der Waals surface area contributed by atoms with Crippen LogP contribution in [0.15, 0.2) is 23.1 Å². The van der Waals surface area contributed by atoms with Crippen LogP contribution in [0, 0.1) is 5.82 Å². The second-order valence-corrected chi connectivity index (χ2v) is 6.41. The highest BCUT2D eigenvalue weighted by Gasteiger charge is 2.19. The Morgan fingerprint density at radius 3 is 2.45 bits per heavy atom. The minimum atomic E-state index is -3.73. The summed E-state index contributed by atoms with van der Waals surface area (Å²) in [6.07, 6.45) is 0. The van der Waals surface area contributed by atoms with Crippen molar-refractivity contribution in [3.05, 3.63) is 24.0 Å². The Kier molecular flexibility index (Phi) is 5.91. The zero-order chi connectivity index (χ0) is 15.3. The Hall–Kier alpha value is -1.18. The highest BCUT2D eigenvalue weighted by molar-refractivity contribution is 7.89. The normalized spacial score (nSPS) is 13.7. The molecule has 0 aromatic heterocycles. The zero-order valence-electron chi connectivity index (χ0n) is 12.1. The number of benzene rings is 1. The van der Waals surface area contributed by atoms with Crippen molar-refractivity contribution in [1.29, 1.82) is 0 Å². The highest BCUT2D eigenvalue weighted by Crippen LogP contribution is 2.16. The average Bonchev–Trinajstić information content (AvgIpc) is 2.38. The van der Waals surface area contributed by atoms with Crippen LogP contribution in [-0.2, 0) is 10.0 Å².